The van der Waals surface area contributed by atoms with Crippen molar-refractivity contribution in [1.82, 2.24) is 15.0 Å². The molecule has 0 atom stereocenters. The third-order valence-corrected chi connectivity index (χ3v) is 7.65. The third kappa shape index (κ3) is 6.66. The van der Waals surface area contributed by atoms with E-state index in [4.69, 9.17) is 4.42 Å². The molecule has 5 aromatic carbocycles. The molecule has 0 bridgehead atoms. The standard InChI is InChI=1S/C17H7FNO.C13H12N.C11H8N.Ir/c18-9-4-5-11-12(8-9)10-2-1-3-13-15(10)16-14(20-13)6-7-19-17(11)16;1-10-3-6-12(7-4-10)13-8-5-11(2)9-14-13;1-2-6-10(7-3-1)11-8-4-5-9-12-11;/h1-4,6-8H;3-6,8-9H,1-2H3;1-6,8-9H;/q3*-1;+3. The fraction of sp³-hybridized carbons (Fsp3) is 0.0488. The van der Waals surface area contributed by atoms with Gasteiger partial charge in [0.05, 0.1) is 0 Å². The summed E-state index contributed by atoms with van der Waals surface area (Å²) in [6.07, 6.45) is 5.38. The van der Waals surface area contributed by atoms with Crippen molar-refractivity contribution in [3.63, 3.8) is 0 Å². The summed E-state index contributed by atoms with van der Waals surface area (Å²) in [6.45, 7) is 4.10. The normalized spacial score (nSPS) is 10.7. The number of hydrogen-bond acceptors (Lipinski definition) is 4. The third-order valence-electron chi connectivity index (χ3n) is 7.65. The van der Waals surface area contributed by atoms with Crippen molar-refractivity contribution in [2.45, 2.75) is 13.8 Å². The van der Waals surface area contributed by atoms with E-state index in [0.29, 0.717) is 0 Å². The zero-order valence-corrected chi connectivity index (χ0v) is 28.0. The van der Waals surface area contributed by atoms with E-state index in [9.17, 15) is 4.39 Å². The van der Waals surface area contributed by atoms with Gasteiger partial charge in [0.1, 0.15) is 11.2 Å². The smallest absolute Gasteiger partial charge is 0.457 e. The van der Waals surface area contributed by atoms with Crippen molar-refractivity contribution in [3.05, 3.63) is 163 Å². The number of halogens is 1. The van der Waals surface area contributed by atoms with Crippen LogP contribution in [0, 0.1) is 37.9 Å². The maximum absolute atomic E-state index is 13.6. The van der Waals surface area contributed by atoms with E-state index in [0.717, 1.165) is 66.1 Å². The number of aryl methyl sites for hydroxylation is 2. The van der Waals surface area contributed by atoms with Crippen LogP contribution in [0.5, 0.6) is 0 Å². The number of furan rings is 1. The number of benzene rings is 5. The van der Waals surface area contributed by atoms with Crippen molar-refractivity contribution >= 4 is 43.6 Å². The molecule has 4 aromatic heterocycles. The number of rotatable bonds is 2. The average molecular weight is 789 g/mol. The minimum Gasteiger partial charge on any atom is -0.457 e. The average Bonchev–Trinajstić information content (AvgIpc) is 3.50. The summed E-state index contributed by atoms with van der Waals surface area (Å²) < 4.78 is 19.5. The van der Waals surface area contributed by atoms with Crippen LogP contribution in [-0.4, -0.2) is 15.0 Å². The molecule has 0 aliphatic rings. The monoisotopic (exact) mass is 789 g/mol. The van der Waals surface area contributed by atoms with Gasteiger partial charge in [0.15, 0.2) is 0 Å². The first-order chi connectivity index (χ1) is 22.5. The van der Waals surface area contributed by atoms with Gasteiger partial charge in [-0.25, -0.2) is 0 Å². The first-order valence-corrected chi connectivity index (χ1v) is 14.9. The quantitative estimate of drug-likeness (QED) is 0.129. The predicted octanol–water partition coefficient (Wildman–Crippen LogP) is 10.4. The molecule has 0 fully saturated rings. The van der Waals surface area contributed by atoms with Gasteiger partial charge < -0.3 is 19.4 Å². The molecular weight excluding hydrogens is 762 g/mol. The fourth-order valence-corrected chi connectivity index (χ4v) is 5.42. The molecule has 6 heteroatoms. The van der Waals surface area contributed by atoms with Gasteiger partial charge >= 0.3 is 20.1 Å². The predicted molar refractivity (Wildman–Crippen MR) is 183 cm³/mol. The van der Waals surface area contributed by atoms with Crippen LogP contribution in [0.15, 0.2) is 132 Å². The van der Waals surface area contributed by atoms with Gasteiger partial charge in [-0.15, -0.1) is 94.9 Å². The van der Waals surface area contributed by atoms with Crippen LogP contribution in [-0.2, 0) is 20.1 Å². The van der Waals surface area contributed by atoms with Crippen LogP contribution in [0.2, 0.25) is 0 Å². The number of nitrogens with zero attached hydrogens (tertiary/aromatic N) is 3. The first-order valence-electron chi connectivity index (χ1n) is 14.9. The van der Waals surface area contributed by atoms with Crippen LogP contribution in [0.25, 0.3) is 66.1 Å². The molecule has 0 saturated carbocycles. The molecule has 0 saturated heterocycles. The van der Waals surface area contributed by atoms with Crippen LogP contribution >= 0.6 is 0 Å². The van der Waals surface area contributed by atoms with E-state index >= 15 is 0 Å². The minimum absolute atomic E-state index is 0. The van der Waals surface area contributed by atoms with E-state index in [2.05, 4.69) is 52.2 Å². The van der Waals surface area contributed by atoms with Crippen molar-refractivity contribution in [3.8, 4) is 22.5 Å². The molecule has 0 spiro atoms. The molecule has 4 nitrogen and oxygen atoms in total. The molecule has 0 amide bonds. The number of aromatic nitrogens is 3. The molecule has 0 N–H and O–H groups in total. The summed E-state index contributed by atoms with van der Waals surface area (Å²) in [6, 6.07) is 43.8. The molecule has 4 heterocycles. The SMILES string of the molecule is Cc1c[c-]c(-c2ccc(C)cn2)cc1.Fc1c[c-]c2c(c1)c1cccc3oc4ccnc2c4c31.[Ir+3].[c-]1ccccc1-c1ccccn1. The second-order valence-corrected chi connectivity index (χ2v) is 10.9. The molecule has 228 valence electrons. The van der Waals surface area contributed by atoms with Gasteiger partial charge in [-0.3, -0.25) is 4.39 Å². The van der Waals surface area contributed by atoms with Crippen molar-refractivity contribution in [2.24, 2.45) is 0 Å². The van der Waals surface area contributed by atoms with Crippen molar-refractivity contribution < 1.29 is 28.9 Å². The molecule has 0 aliphatic carbocycles. The molecule has 0 unspecified atom stereocenters. The molecule has 9 aromatic rings. The van der Waals surface area contributed by atoms with Gasteiger partial charge in [-0.1, -0.05) is 48.7 Å². The summed E-state index contributed by atoms with van der Waals surface area (Å²) in [5.41, 5.74) is 8.88. The molecule has 0 radical (unpaired) electrons. The Labute approximate surface area is 285 Å². The Kier molecular flexibility index (Phi) is 9.44. The second-order valence-electron chi connectivity index (χ2n) is 10.9. The first kappa shape index (κ1) is 31.7. The van der Waals surface area contributed by atoms with Gasteiger partial charge in [-0.05, 0) is 47.5 Å². The Balaban J connectivity index is 0.000000127. The van der Waals surface area contributed by atoms with Crippen LogP contribution in [0.3, 0.4) is 0 Å². The maximum Gasteiger partial charge on any atom is 3.00 e. The Morgan fingerprint density at radius 3 is 2.17 bits per heavy atom. The largest absolute Gasteiger partial charge is 3.00 e. The van der Waals surface area contributed by atoms with E-state index in [-0.39, 0.29) is 25.9 Å². The summed E-state index contributed by atoms with van der Waals surface area (Å²) in [5.74, 6) is -0.292. The summed E-state index contributed by atoms with van der Waals surface area (Å²) in [5, 5.41) is 4.64. The maximum atomic E-state index is 13.6. The zero-order valence-electron chi connectivity index (χ0n) is 25.6. The van der Waals surface area contributed by atoms with Gasteiger partial charge in [0, 0.05) is 40.7 Å². The van der Waals surface area contributed by atoms with E-state index in [1.807, 2.05) is 98.0 Å². The summed E-state index contributed by atoms with van der Waals surface area (Å²) >= 11 is 0. The summed E-state index contributed by atoms with van der Waals surface area (Å²) in [4.78, 5) is 13.0. The number of hydrogen-bond donors (Lipinski definition) is 0. The second kappa shape index (κ2) is 14.0. The Hall–Kier alpha value is -5.29. The molecule has 9 rings (SSSR count). The molecule has 0 aliphatic heterocycles. The number of pyridine rings is 3. The minimum atomic E-state index is -0.292. The topological polar surface area (TPSA) is 51.8 Å². The van der Waals surface area contributed by atoms with Crippen LogP contribution < -0.4 is 0 Å². The van der Waals surface area contributed by atoms with Crippen molar-refractivity contribution in [2.75, 3.05) is 0 Å². The molecule has 47 heavy (non-hydrogen) atoms. The van der Waals surface area contributed by atoms with Gasteiger partial charge in [0.2, 0.25) is 0 Å². The zero-order chi connectivity index (χ0) is 31.5. The van der Waals surface area contributed by atoms with Crippen LogP contribution in [0.4, 0.5) is 4.39 Å². The van der Waals surface area contributed by atoms with Crippen LogP contribution in [0.1, 0.15) is 11.1 Å². The molecular formula is C41H27FIrN3O. The van der Waals surface area contributed by atoms with E-state index in [1.54, 1.807) is 12.4 Å². The Bertz CT molecular complexity index is 2290. The summed E-state index contributed by atoms with van der Waals surface area (Å²) in [7, 11) is 0. The fourth-order valence-electron chi connectivity index (χ4n) is 5.42. The Morgan fingerprint density at radius 1 is 0.617 bits per heavy atom. The van der Waals surface area contributed by atoms with E-state index < -0.39 is 0 Å². The van der Waals surface area contributed by atoms with Gasteiger partial charge in [0.25, 0.3) is 0 Å². The Morgan fingerprint density at radius 2 is 1.43 bits per heavy atom. The van der Waals surface area contributed by atoms with Crippen molar-refractivity contribution in [1.29, 1.82) is 0 Å². The van der Waals surface area contributed by atoms with E-state index in [1.165, 1.54) is 23.3 Å². The van der Waals surface area contributed by atoms with Gasteiger partial charge in [-0.2, -0.15) is 0 Å². The number of fused-ring (bicyclic) bond motifs is 3.